The van der Waals surface area contributed by atoms with Gasteiger partial charge in [-0.25, -0.2) is 4.79 Å². The molecule has 2 heterocycles. The number of amides is 1. The van der Waals surface area contributed by atoms with Gasteiger partial charge in [-0.1, -0.05) is 52.9 Å². The number of terminal acetylenes is 1. The first kappa shape index (κ1) is 26.6. The van der Waals surface area contributed by atoms with Gasteiger partial charge in [0.15, 0.2) is 20.1 Å². The van der Waals surface area contributed by atoms with Gasteiger partial charge in [-0.3, -0.25) is 9.36 Å². The van der Waals surface area contributed by atoms with E-state index >= 15 is 0 Å². The lowest BCUT2D eigenvalue weighted by Gasteiger charge is -2.37. The molecule has 1 unspecified atom stereocenters. The summed E-state index contributed by atoms with van der Waals surface area (Å²) in [5.41, 5.74) is -2.88. The topological polar surface area (TPSA) is 123 Å². The first-order chi connectivity index (χ1) is 16.3. The van der Waals surface area contributed by atoms with Crippen LogP contribution < -0.4 is 11.0 Å². The normalized spacial score (nSPS) is 25.4. The molecule has 1 aliphatic heterocycles. The maximum absolute atomic E-state index is 12.7. The number of hydrogen-bond donors (Lipinski definition) is 3. The highest BCUT2D eigenvalue weighted by Gasteiger charge is 2.56. The van der Waals surface area contributed by atoms with Crippen molar-refractivity contribution in [1.82, 2.24) is 9.55 Å². The van der Waals surface area contributed by atoms with Gasteiger partial charge in [-0.2, -0.15) is 4.98 Å². The maximum Gasteiger partial charge on any atom is 0.351 e. The summed E-state index contributed by atoms with van der Waals surface area (Å²) in [7, 11) is -2.22. The van der Waals surface area contributed by atoms with Crippen molar-refractivity contribution in [2.45, 2.75) is 102 Å². The van der Waals surface area contributed by atoms with E-state index in [0.717, 1.165) is 30.3 Å². The second-order valence-corrected chi connectivity index (χ2v) is 15.2. The van der Waals surface area contributed by atoms with E-state index in [2.05, 4.69) is 43.9 Å². The molecule has 1 fully saturated rings. The quantitative estimate of drug-likeness (QED) is 0.260. The van der Waals surface area contributed by atoms with Crippen molar-refractivity contribution >= 4 is 20.0 Å². The third kappa shape index (κ3) is 6.34. The zero-order chi connectivity index (χ0) is 26.4. The maximum atomic E-state index is 12.7. The summed E-state index contributed by atoms with van der Waals surface area (Å²) in [6, 6.07) is 1.43. The fourth-order valence-electron chi connectivity index (χ4n) is 3.39. The molecule has 0 aromatic carbocycles. The summed E-state index contributed by atoms with van der Waals surface area (Å²) in [6.45, 7) is 12.3. The van der Waals surface area contributed by atoms with E-state index in [1.165, 1.54) is 12.3 Å². The van der Waals surface area contributed by atoms with Gasteiger partial charge in [0.1, 0.15) is 19.4 Å². The molecule has 10 heteroatoms. The summed E-state index contributed by atoms with van der Waals surface area (Å²) >= 11 is 0. The fraction of sp³-hybridized carbons (Fsp3) is 0.708. The molecule has 34 heavy (non-hydrogen) atoms. The van der Waals surface area contributed by atoms with Crippen LogP contribution in [0, 0.1) is 12.3 Å². The molecule has 0 radical (unpaired) electrons. The highest BCUT2D eigenvalue weighted by atomic mass is 28.4. The Bertz CT molecular complexity index is 999. The third-order valence-corrected chi connectivity index (χ3v) is 11.2. The number of hydrogen-bond acceptors (Lipinski definition) is 7. The summed E-state index contributed by atoms with van der Waals surface area (Å²) in [5.74, 6) is 2.19. The van der Waals surface area contributed by atoms with Crippen LogP contribution in [0.4, 0.5) is 5.82 Å². The van der Waals surface area contributed by atoms with Crippen LogP contribution in [0.3, 0.4) is 0 Å². The van der Waals surface area contributed by atoms with Crippen molar-refractivity contribution in [2.75, 3.05) is 11.9 Å². The Morgan fingerprint density at radius 1 is 1.44 bits per heavy atom. The van der Waals surface area contributed by atoms with Crippen LogP contribution in [0.1, 0.15) is 67.4 Å². The first-order valence-electron chi connectivity index (χ1n) is 12.3. The van der Waals surface area contributed by atoms with Crippen molar-refractivity contribution < 1.29 is 25.5 Å². The zero-order valence-electron chi connectivity index (χ0n) is 22.1. The Hall–Kier alpha value is -2.03. The Morgan fingerprint density at radius 2 is 2.15 bits per heavy atom. The van der Waals surface area contributed by atoms with Crippen LogP contribution in [0.2, 0.25) is 18.1 Å². The predicted octanol–water partition coefficient (Wildman–Crippen LogP) is 2.80. The molecule has 0 saturated carbocycles. The predicted molar refractivity (Wildman–Crippen MR) is 133 cm³/mol. The highest BCUT2D eigenvalue weighted by molar-refractivity contribution is 6.74. The van der Waals surface area contributed by atoms with Crippen LogP contribution in [0.15, 0.2) is 17.1 Å². The Morgan fingerprint density at radius 3 is 2.74 bits per heavy atom. The van der Waals surface area contributed by atoms with Crippen molar-refractivity contribution in [2.24, 2.45) is 0 Å². The van der Waals surface area contributed by atoms with E-state index in [0.29, 0.717) is 6.42 Å². The minimum Gasteiger partial charge on any atom is -0.414 e. The van der Waals surface area contributed by atoms with E-state index in [9.17, 15) is 19.8 Å². The second kappa shape index (κ2) is 11.1. The molecule has 190 valence electrons. The zero-order valence-corrected chi connectivity index (χ0v) is 22.1. The molecule has 3 N–H and O–H groups in total. The number of aromatic nitrogens is 2. The van der Waals surface area contributed by atoms with Gasteiger partial charge >= 0.3 is 5.69 Å². The molecule has 0 bridgehead atoms. The van der Waals surface area contributed by atoms with Gasteiger partial charge in [0, 0.05) is 12.6 Å². The molecule has 1 aromatic heterocycles. The van der Waals surface area contributed by atoms with Crippen LogP contribution in [0.25, 0.3) is 0 Å². The van der Waals surface area contributed by atoms with Gasteiger partial charge in [-0.05, 0) is 30.6 Å². The van der Waals surface area contributed by atoms with Crippen molar-refractivity contribution in [3.05, 3.63) is 22.7 Å². The lowest BCUT2D eigenvalue weighted by molar-refractivity contribution is -0.116. The number of anilines is 1. The van der Waals surface area contributed by atoms with Crippen LogP contribution in [-0.2, 0) is 14.0 Å². The van der Waals surface area contributed by atoms with E-state index in [-0.39, 0.29) is 23.4 Å². The number of unbranched alkanes of at least 4 members (excludes halogenated alkanes) is 3. The van der Waals surface area contributed by atoms with Gasteiger partial charge in [0.25, 0.3) is 0 Å². The Kier molecular flexibility index (Phi) is 8.70. The average Bonchev–Trinajstić information content (AvgIpc) is 3.00. The number of nitrogens with one attached hydrogen (secondary N) is 1. The fourth-order valence-corrected chi connectivity index (χ4v) is 4.39. The Labute approximate surface area is 204 Å². The second-order valence-electron chi connectivity index (χ2n) is 10.3. The number of rotatable bonds is 10. The molecule has 9 nitrogen and oxygen atoms in total. The van der Waals surface area contributed by atoms with Gasteiger partial charge in [-0.15, -0.1) is 6.40 Å². The lowest BCUT2D eigenvalue weighted by atomic mass is 9.93. The van der Waals surface area contributed by atoms with Crippen LogP contribution in [0.5, 0.6) is 0 Å². The number of nitrogens with zero attached hydrogens (tertiary/aromatic N) is 2. The molecule has 1 amide bonds. The van der Waals surface area contributed by atoms with Gasteiger partial charge in [0.2, 0.25) is 5.91 Å². The van der Waals surface area contributed by atoms with Crippen molar-refractivity contribution in [1.29, 1.82) is 0 Å². The molecule has 0 spiro atoms. The minimum absolute atomic E-state index is 0.0659. The molecular formula is C24H39N3O6Si. The third-order valence-electron chi connectivity index (χ3n) is 6.75. The molecule has 1 aromatic rings. The molecule has 0 aliphatic carbocycles. The van der Waals surface area contributed by atoms with Crippen molar-refractivity contribution in [3.8, 4) is 12.3 Å². The SMILES string of the molecule is [2H]C#C[C@@]1(O)[C@@H](CO[Si](C)(C)C(C)(C)C)OC(n2ccc(NC(=O)CCCCCC)nc2=O)[C@@H]1O. The largest absolute Gasteiger partial charge is 0.414 e. The summed E-state index contributed by atoms with van der Waals surface area (Å²) in [5, 5.41) is 24.5. The van der Waals surface area contributed by atoms with E-state index in [4.69, 9.17) is 10.5 Å². The first-order valence-corrected chi connectivity index (χ1v) is 14.7. The number of ether oxygens (including phenoxy) is 1. The van der Waals surface area contributed by atoms with E-state index < -0.39 is 38.0 Å². The standard InChI is InChI=1S/C24H39N3O6Si/c1-8-10-11-12-13-19(28)25-18-14-15-27(22(30)26-18)21-20(29)24(31,9-2)17(33-21)16-32-34(6,7)23(3,4)5/h2,14-15,17,20-21,29,31H,8,10-13,16H2,1,3-7H3,(H,25,26,28,30)/t17-,20+,21?,24-/m1/s1/i2D. The van der Waals surface area contributed by atoms with Crippen molar-refractivity contribution in [3.63, 3.8) is 0 Å². The Balaban J connectivity index is 2.18. The highest BCUT2D eigenvalue weighted by Crippen LogP contribution is 2.40. The minimum atomic E-state index is -2.22. The van der Waals surface area contributed by atoms with Gasteiger partial charge in [0.05, 0.1) is 6.61 Å². The van der Waals surface area contributed by atoms with Crippen LogP contribution >= 0.6 is 0 Å². The molecule has 2 rings (SSSR count). The monoisotopic (exact) mass is 494 g/mol. The van der Waals surface area contributed by atoms with E-state index in [1.54, 1.807) is 0 Å². The lowest BCUT2D eigenvalue weighted by Crippen LogP contribution is -2.51. The number of carbonyl (C=O) groups excluding carboxylic acids is 1. The molecule has 1 saturated heterocycles. The van der Waals surface area contributed by atoms with Gasteiger partial charge < -0.3 is 24.7 Å². The number of aliphatic hydroxyl groups excluding tert-OH is 1. The van der Waals surface area contributed by atoms with E-state index in [1.807, 2.05) is 19.5 Å². The summed E-state index contributed by atoms with van der Waals surface area (Å²) in [6.07, 6.45) is 3.39. The average molecular weight is 495 g/mol. The summed E-state index contributed by atoms with van der Waals surface area (Å²) < 4.78 is 20.3. The molecule has 4 atom stereocenters. The smallest absolute Gasteiger partial charge is 0.351 e. The van der Waals surface area contributed by atoms with Crippen LogP contribution in [-0.4, -0.2) is 58.4 Å². The summed E-state index contributed by atoms with van der Waals surface area (Å²) in [4.78, 5) is 28.7. The molecular weight excluding hydrogens is 454 g/mol. The molecule has 1 aliphatic rings. The number of carbonyl (C=O) groups is 1. The number of aliphatic hydroxyl groups is 2.